The maximum Gasteiger partial charge on any atom is 0.295 e. The number of anilines is 1. The van der Waals surface area contributed by atoms with Crippen LogP contribution in [0.1, 0.15) is 50.2 Å². The molecule has 1 heterocycles. The lowest BCUT2D eigenvalue weighted by Crippen LogP contribution is -2.28. The van der Waals surface area contributed by atoms with Gasteiger partial charge in [0.2, 0.25) is 0 Å². The number of carbonyl (C=O) groups excluding carboxylic acids is 2. The maximum atomic E-state index is 12.5. The molecule has 0 bridgehead atoms. The first-order chi connectivity index (χ1) is 18.8. The topological polar surface area (TPSA) is 147 Å². The summed E-state index contributed by atoms with van der Waals surface area (Å²) < 4.78 is 38.2. The largest absolute Gasteiger partial charge is 0.491 e. The number of ether oxygens (including phenoxy) is 1. The standard InChI is InChI=1S/C28H28N4O6S/c1-2-6-23-21-8-5-9-24(33)22(21)12-13-25(23)38-16-15-29-28(34)20-11-14-27(30-17-20)32-31-18-19-7-3-4-10-26(19)39(35,36)37/h2-4,7,10-14,17-18H,1,5-6,8-9,15-16H2,(H,29,34)(H,30,32)(H,35,36,37)/b31-18+. The number of hydrazone groups is 1. The van der Waals surface area contributed by atoms with E-state index in [4.69, 9.17) is 4.74 Å². The molecular formula is C28H28N4O6S. The van der Waals surface area contributed by atoms with E-state index in [-0.39, 0.29) is 35.3 Å². The second kappa shape index (κ2) is 12.5. The minimum atomic E-state index is -4.38. The number of carbonyl (C=O) groups is 2. The van der Waals surface area contributed by atoms with Crippen molar-refractivity contribution in [2.24, 2.45) is 5.10 Å². The number of pyridine rings is 1. The van der Waals surface area contributed by atoms with E-state index in [1.165, 1.54) is 30.6 Å². The number of amides is 1. The van der Waals surface area contributed by atoms with E-state index in [9.17, 15) is 22.6 Å². The lowest BCUT2D eigenvalue weighted by atomic mass is 9.86. The van der Waals surface area contributed by atoms with Crippen molar-refractivity contribution in [2.75, 3.05) is 18.6 Å². The van der Waals surface area contributed by atoms with Crippen LogP contribution in [0.15, 0.2) is 77.4 Å². The number of benzene rings is 2. The average Bonchev–Trinajstić information content (AvgIpc) is 2.92. The van der Waals surface area contributed by atoms with Gasteiger partial charge in [0.25, 0.3) is 16.0 Å². The first kappa shape index (κ1) is 27.7. The summed E-state index contributed by atoms with van der Waals surface area (Å²) in [6, 6.07) is 12.6. The minimum Gasteiger partial charge on any atom is -0.491 e. The Morgan fingerprint density at radius 2 is 1.97 bits per heavy atom. The Hall–Kier alpha value is -4.35. The molecule has 1 amide bonds. The zero-order valence-corrected chi connectivity index (χ0v) is 21.9. The van der Waals surface area contributed by atoms with Crippen LogP contribution >= 0.6 is 0 Å². The van der Waals surface area contributed by atoms with Gasteiger partial charge < -0.3 is 10.1 Å². The van der Waals surface area contributed by atoms with Gasteiger partial charge in [-0.2, -0.15) is 13.5 Å². The van der Waals surface area contributed by atoms with E-state index < -0.39 is 10.1 Å². The first-order valence-electron chi connectivity index (χ1n) is 12.3. The predicted octanol–water partition coefficient (Wildman–Crippen LogP) is 3.83. The van der Waals surface area contributed by atoms with Crippen LogP contribution in [0.3, 0.4) is 0 Å². The molecule has 11 heteroatoms. The average molecular weight is 549 g/mol. The van der Waals surface area contributed by atoms with Crippen molar-refractivity contribution in [1.82, 2.24) is 10.3 Å². The molecule has 0 saturated heterocycles. The molecule has 0 fully saturated rings. The summed E-state index contributed by atoms with van der Waals surface area (Å²) in [5, 5.41) is 6.73. The van der Waals surface area contributed by atoms with Crippen molar-refractivity contribution in [3.63, 3.8) is 0 Å². The summed E-state index contributed by atoms with van der Waals surface area (Å²) in [5.74, 6) is 0.848. The molecule has 1 aliphatic carbocycles. The summed E-state index contributed by atoms with van der Waals surface area (Å²) in [5.41, 5.74) is 5.94. The van der Waals surface area contributed by atoms with Crippen LogP contribution in [0.4, 0.5) is 5.82 Å². The summed E-state index contributed by atoms with van der Waals surface area (Å²) in [7, 11) is -4.38. The summed E-state index contributed by atoms with van der Waals surface area (Å²) in [4.78, 5) is 28.6. The van der Waals surface area contributed by atoms with Crippen molar-refractivity contribution < 1.29 is 27.3 Å². The number of hydrogen-bond donors (Lipinski definition) is 3. The Bertz CT molecular complexity index is 1520. The zero-order chi connectivity index (χ0) is 27.8. The molecule has 39 heavy (non-hydrogen) atoms. The highest BCUT2D eigenvalue weighted by atomic mass is 32.2. The van der Waals surface area contributed by atoms with Crippen LogP contribution in [0.25, 0.3) is 0 Å². The second-order valence-electron chi connectivity index (χ2n) is 8.76. The van der Waals surface area contributed by atoms with Crippen LogP contribution < -0.4 is 15.5 Å². The molecule has 1 aliphatic rings. The van der Waals surface area contributed by atoms with Crippen molar-refractivity contribution >= 4 is 33.8 Å². The van der Waals surface area contributed by atoms with E-state index >= 15 is 0 Å². The number of nitrogens with zero attached hydrogens (tertiary/aromatic N) is 2. The predicted molar refractivity (Wildman–Crippen MR) is 147 cm³/mol. The van der Waals surface area contributed by atoms with Crippen LogP contribution in [0, 0.1) is 0 Å². The molecule has 0 saturated carbocycles. The van der Waals surface area contributed by atoms with E-state index in [0.717, 1.165) is 29.5 Å². The third-order valence-electron chi connectivity index (χ3n) is 6.12. The van der Waals surface area contributed by atoms with Crippen LogP contribution in [-0.4, -0.2) is 49.0 Å². The Labute approximate surface area is 226 Å². The lowest BCUT2D eigenvalue weighted by Gasteiger charge is -2.21. The highest BCUT2D eigenvalue weighted by molar-refractivity contribution is 7.86. The molecule has 3 N–H and O–H groups in total. The fourth-order valence-electron chi connectivity index (χ4n) is 4.29. The van der Waals surface area contributed by atoms with Crippen LogP contribution in [-0.2, 0) is 23.0 Å². The SMILES string of the molecule is C=CCc1c(OCCNC(=O)c2ccc(N/N=C/c3ccccc3S(=O)(=O)O)nc2)ccc2c1CCCC2=O. The Morgan fingerprint density at radius 1 is 1.15 bits per heavy atom. The smallest absolute Gasteiger partial charge is 0.295 e. The van der Waals surface area contributed by atoms with Gasteiger partial charge in [0.05, 0.1) is 18.3 Å². The molecule has 0 spiro atoms. The fourth-order valence-corrected chi connectivity index (χ4v) is 4.96. The van der Waals surface area contributed by atoms with E-state index in [0.29, 0.717) is 30.0 Å². The van der Waals surface area contributed by atoms with E-state index in [2.05, 4.69) is 27.4 Å². The van der Waals surface area contributed by atoms with Gasteiger partial charge >= 0.3 is 0 Å². The molecule has 4 rings (SSSR count). The van der Waals surface area contributed by atoms with Crippen LogP contribution in [0.5, 0.6) is 5.75 Å². The summed E-state index contributed by atoms with van der Waals surface area (Å²) in [6.07, 6.45) is 7.23. The Balaban J connectivity index is 1.29. The van der Waals surface area contributed by atoms with Gasteiger partial charge in [-0.3, -0.25) is 19.6 Å². The fraction of sp³-hybridized carbons (Fsp3) is 0.214. The number of ketones is 1. The number of fused-ring (bicyclic) bond motifs is 1. The maximum absolute atomic E-state index is 12.5. The third kappa shape index (κ3) is 6.95. The van der Waals surface area contributed by atoms with E-state index in [1.54, 1.807) is 24.3 Å². The number of aromatic nitrogens is 1. The van der Waals surface area contributed by atoms with Gasteiger partial charge in [0.1, 0.15) is 23.1 Å². The molecule has 0 unspecified atom stereocenters. The van der Waals surface area contributed by atoms with Crippen molar-refractivity contribution in [1.29, 1.82) is 0 Å². The van der Waals surface area contributed by atoms with Gasteiger partial charge in [-0.05, 0) is 55.2 Å². The molecule has 3 aromatic rings. The minimum absolute atomic E-state index is 0.157. The first-order valence-corrected chi connectivity index (χ1v) is 13.7. The van der Waals surface area contributed by atoms with Gasteiger partial charge in [-0.1, -0.05) is 24.3 Å². The third-order valence-corrected chi connectivity index (χ3v) is 7.05. The molecule has 10 nitrogen and oxygen atoms in total. The lowest BCUT2D eigenvalue weighted by molar-refractivity contribution is 0.0943. The highest BCUT2D eigenvalue weighted by Gasteiger charge is 2.22. The zero-order valence-electron chi connectivity index (χ0n) is 21.1. The molecule has 2 aromatic carbocycles. The van der Waals surface area contributed by atoms with Crippen molar-refractivity contribution in [3.8, 4) is 5.75 Å². The molecular weight excluding hydrogens is 520 g/mol. The molecule has 0 radical (unpaired) electrons. The second-order valence-corrected chi connectivity index (χ2v) is 10.1. The number of Topliss-reactive ketones (excluding diaryl/α,β-unsaturated/α-hetero) is 1. The monoisotopic (exact) mass is 548 g/mol. The molecule has 0 atom stereocenters. The number of allylic oxidation sites excluding steroid dienone is 1. The quantitative estimate of drug-likeness (QED) is 0.108. The van der Waals surface area contributed by atoms with E-state index in [1.807, 2.05) is 12.1 Å². The van der Waals surface area contributed by atoms with Gasteiger partial charge in [0.15, 0.2) is 5.78 Å². The molecule has 1 aromatic heterocycles. The highest BCUT2D eigenvalue weighted by Crippen LogP contribution is 2.32. The van der Waals surface area contributed by atoms with Gasteiger partial charge in [-0.15, -0.1) is 6.58 Å². The van der Waals surface area contributed by atoms with Crippen molar-refractivity contribution in [3.05, 3.63) is 95.2 Å². The summed E-state index contributed by atoms with van der Waals surface area (Å²) in [6.45, 7) is 4.33. The number of nitrogens with one attached hydrogen (secondary N) is 2. The number of hydrogen-bond acceptors (Lipinski definition) is 8. The summed E-state index contributed by atoms with van der Waals surface area (Å²) >= 11 is 0. The number of rotatable bonds is 11. The molecule has 0 aliphatic heterocycles. The van der Waals surface area contributed by atoms with Gasteiger partial charge in [0, 0.05) is 29.3 Å². The van der Waals surface area contributed by atoms with Gasteiger partial charge in [-0.25, -0.2) is 4.98 Å². The Morgan fingerprint density at radius 3 is 2.72 bits per heavy atom. The van der Waals surface area contributed by atoms with Crippen molar-refractivity contribution in [2.45, 2.75) is 30.6 Å². The molecule has 202 valence electrons. The Kier molecular flexibility index (Phi) is 8.84. The normalized spacial score (nSPS) is 13.1. The van der Waals surface area contributed by atoms with Crippen LogP contribution in [0.2, 0.25) is 0 Å².